The van der Waals surface area contributed by atoms with Gasteiger partial charge in [-0.15, -0.1) is 0 Å². The van der Waals surface area contributed by atoms with E-state index in [9.17, 15) is 13.2 Å². The number of hydrogen-bond donors (Lipinski definition) is 1. The lowest BCUT2D eigenvalue weighted by atomic mass is 10.0. The van der Waals surface area contributed by atoms with Crippen LogP contribution in [0.4, 0.5) is 13.2 Å². The molecule has 114 valence electrons. The van der Waals surface area contributed by atoms with Gasteiger partial charge in [-0.3, -0.25) is 0 Å². The van der Waals surface area contributed by atoms with Crippen molar-refractivity contribution < 1.29 is 17.6 Å². The molecule has 0 amide bonds. The van der Waals surface area contributed by atoms with E-state index in [1.54, 1.807) is 12.1 Å². The minimum absolute atomic E-state index is 0.420. The molecular weight excluding hydrogens is 347 g/mol. The van der Waals surface area contributed by atoms with Crippen molar-refractivity contribution >= 4 is 15.9 Å². The van der Waals surface area contributed by atoms with E-state index in [0.717, 1.165) is 23.0 Å². The van der Waals surface area contributed by atoms with Crippen LogP contribution < -0.4 is 5.32 Å². The summed E-state index contributed by atoms with van der Waals surface area (Å²) in [6, 6.07) is 6.60. The topological polar surface area (TPSA) is 25.2 Å². The minimum Gasteiger partial charge on any atom is -0.466 e. The Bertz CT molecular complexity index is 595. The lowest BCUT2D eigenvalue weighted by Gasteiger charge is -2.19. The summed E-state index contributed by atoms with van der Waals surface area (Å²) in [6.45, 7) is 2.67. The highest BCUT2D eigenvalue weighted by Gasteiger charge is 2.31. The van der Waals surface area contributed by atoms with Crippen LogP contribution in [0, 0.1) is 0 Å². The Morgan fingerprint density at radius 2 is 2.05 bits per heavy atom. The number of benzene rings is 1. The maximum Gasteiger partial charge on any atom is 0.416 e. The largest absolute Gasteiger partial charge is 0.466 e. The number of nitrogens with one attached hydrogen (secondary N) is 1. The van der Waals surface area contributed by atoms with Crippen molar-refractivity contribution in [3.8, 4) is 0 Å². The zero-order chi connectivity index (χ0) is 15.5. The van der Waals surface area contributed by atoms with Crippen molar-refractivity contribution in [2.45, 2.75) is 25.6 Å². The Kier molecular flexibility index (Phi) is 5.11. The first-order valence-corrected chi connectivity index (χ1v) is 7.36. The minimum atomic E-state index is -4.36. The zero-order valence-electron chi connectivity index (χ0n) is 11.4. The summed E-state index contributed by atoms with van der Waals surface area (Å²) in [6.07, 6.45) is -1.98. The van der Waals surface area contributed by atoms with Gasteiger partial charge in [0.05, 0.1) is 22.3 Å². The van der Waals surface area contributed by atoms with Crippen LogP contribution in [0.2, 0.25) is 0 Å². The van der Waals surface area contributed by atoms with E-state index in [-0.39, 0.29) is 0 Å². The highest BCUT2D eigenvalue weighted by atomic mass is 79.9. The molecular formula is C15H15BrF3NO. The van der Waals surface area contributed by atoms with Crippen LogP contribution in [-0.2, 0) is 6.18 Å². The molecule has 2 aromatic rings. The second-order valence-corrected chi connectivity index (χ2v) is 5.50. The molecule has 2 rings (SSSR count). The van der Waals surface area contributed by atoms with E-state index in [0.29, 0.717) is 17.9 Å². The quantitative estimate of drug-likeness (QED) is 0.796. The van der Waals surface area contributed by atoms with Gasteiger partial charge >= 0.3 is 6.18 Å². The van der Waals surface area contributed by atoms with Gasteiger partial charge < -0.3 is 9.73 Å². The highest BCUT2D eigenvalue weighted by Crippen LogP contribution is 2.34. The Balaban J connectivity index is 2.40. The van der Waals surface area contributed by atoms with Gasteiger partial charge in [-0.25, -0.2) is 0 Å². The molecule has 2 nitrogen and oxygen atoms in total. The van der Waals surface area contributed by atoms with E-state index in [1.807, 2.05) is 6.92 Å². The van der Waals surface area contributed by atoms with Crippen molar-refractivity contribution in [1.29, 1.82) is 0 Å². The van der Waals surface area contributed by atoms with Crippen LogP contribution in [0.15, 0.2) is 45.5 Å². The molecule has 1 heterocycles. The van der Waals surface area contributed by atoms with Crippen molar-refractivity contribution in [3.05, 3.63) is 58.0 Å². The Morgan fingerprint density at radius 3 is 2.62 bits per heavy atom. The number of halogens is 4. The van der Waals surface area contributed by atoms with E-state index in [2.05, 4.69) is 21.2 Å². The molecule has 0 saturated heterocycles. The van der Waals surface area contributed by atoms with E-state index in [4.69, 9.17) is 4.42 Å². The molecule has 0 aliphatic carbocycles. The molecule has 1 aromatic carbocycles. The van der Waals surface area contributed by atoms with Gasteiger partial charge in [0.2, 0.25) is 0 Å². The summed E-state index contributed by atoms with van der Waals surface area (Å²) in [4.78, 5) is 0. The average molecular weight is 362 g/mol. The molecule has 1 N–H and O–H groups in total. The smallest absolute Gasteiger partial charge is 0.416 e. The molecule has 0 aliphatic rings. The van der Waals surface area contributed by atoms with Crippen LogP contribution in [0.5, 0.6) is 0 Å². The maximum atomic E-state index is 12.9. The molecule has 1 aromatic heterocycles. The van der Waals surface area contributed by atoms with Crippen molar-refractivity contribution in [1.82, 2.24) is 5.32 Å². The zero-order valence-corrected chi connectivity index (χ0v) is 13.0. The second kappa shape index (κ2) is 6.66. The normalized spacial score (nSPS) is 13.4. The highest BCUT2D eigenvalue weighted by molar-refractivity contribution is 9.10. The van der Waals surface area contributed by atoms with Gasteiger partial charge in [-0.1, -0.05) is 19.1 Å². The first-order valence-electron chi connectivity index (χ1n) is 6.57. The summed E-state index contributed by atoms with van der Waals surface area (Å²) in [5, 5.41) is 3.22. The standard InChI is InChI=1S/C15H15BrF3NO/c1-2-7-20-13(14-12(16)6-8-21-14)10-4-3-5-11(9-10)15(17,18)19/h3-6,8-9,13,20H,2,7H2,1H3. The van der Waals surface area contributed by atoms with E-state index >= 15 is 0 Å². The van der Waals surface area contributed by atoms with Crippen molar-refractivity contribution in [2.24, 2.45) is 0 Å². The summed E-state index contributed by atoms with van der Waals surface area (Å²) in [5.74, 6) is 0.572. The predicted molar refractivity (Wildman–Crippen MR) is 78.0 cm³/mol. The number of hydrogen-bond acceptors (Lipinski definition) is 2. The SMILES string of the molecule is CCCNC(c1cccc(C(F)(F)F)c1)c1occc1Br. The fourth-order valence-electron chi connectivity index (χ4n) is 2.06. The van der Waals surface area contributed by atoms with Crippen LogP contribution in [0.1, 0.15) is 36.3 Å². The molecule has 1 atom stereocenters. The third-order valence-corrected chi connectivity index (χ3v) is 3.71. The lowest BCUT2D eigenvalue weighted by Crippen LogP contribution is -2.23. The Morgan fingerprint density at radius 1 is 1.29 bits per heavy atom. The van der Waals surface area contributed by atoms with Crippen LogP contribution >= 0.6 is 15.9 Å². The predicted octanol–water partition coefficient (Wildman–Crippen LogP) is 5.15. The van der Waals surface area contributed by atoms with Crippen molar-refractivity contribution in [3.63, 3.8) is 0 Å². The summed E-state index contributed by atoms with van der Waals surface area (Å²) in [5.41, 5.74) is -0.139. The van der Waals surface area contributed by atoms with Gasteiger partial charge in [0.25, 0.3) is 0 Å². The summed E-state index contributed by atoms with van der Waals surface area (Å²) < 4.78 is 44.7. The summed E-state index contributed by atoms with van der Waals surface area (Å²) in [7, 11) is 0. The van der Waals surface area contributed by atoms with E-state index < -0.39 is 17.8 Å². The van der Waals surface area contributed by atoms with Gasteiger partial charge in [-0.05, 0) is 52.7 Å². The molecule has 0 aliphatic heterocycles. The lowest BCUT2D eigenvalue weighted by molar-refractivity contribution is -0.137. The fourth-order valence-corrected chi connectivity index (χ4v) is 2.49. The second-order valence-electron chi connectivity index (χ2n) is 4.64. The number of furan rings is 1. The summed E-state index contributed by atoms with van der Waals surface area (Å²) >= 11 is 3.36. The monoisotopic (exact) mass is 361 g/mol. The number of rotatable bonds is 5. The van der Waals surface area contributed by atoms with Crippen LogP contribution in [0.3, 0.4) is 0 Å². The molecule has 0 radical (unpaired) electrons. The molecule has 21 heavy (non-hydrogen) atoms. The average Bonchev–Trinajstić information content (AvgIpc) is 2.85. The first kappa shape index (κ1) is 16.1. The first-order chi connectivity index (χ1) is 9.93. The third-order valence-electron chi connectivity index (χ3n) is 3.05. The number of alkyl halides is 3. The van der Waals surface area contributed by atoms with Crippen LogP contribution in [-0.4, -0.2) is 6.54 Å². The van der Waals surface area contributed by atoms with E-state index in [1.165, 1.54) is 12.3 Å². The molecule has 0 saturated carbocycles. The van der Waals surface area contributed by atoms with Gasteiger partial charge in [0, 0.05) is 0 Å². The third kappa shape index (κ3) is 3.89. The van der Waals surface area contributed by atoms with Crippen molar-refractivity contribution in [2.75, 3.05) is 6.54 Å². The van der Waals surface area contributed by atoms with Gasteiger partial charge in [-0.2, -0.15) is 13.2 Å². The van der Waals surface area contributed by atoms with Gasteiger partial charge in [0.15, 0.2) is 0 Å². The van der Waals surface area contributed by atoms with Crippen LogP contribution in [0.25, 0.3) is 0 Å². The van der Waals surface area contributed by atoms with Gasteiger partial charge in [0.1, 0.15) is 5.76 Å². The molecule has 6 heteroatoms. The molecule has 0 spiro atoms. The molecule has 0 fully saturated rings. The fraction of sp³-hybridized carbons (Fsp3) is 0.333. The Labute approximate surface area is 129 Å². The maximum absolute atomic E-state index is 12.9. The Hall–Kier alpha value is -1.27. The molecule has 1 unspecified atom stereocenters. The molecule has 0 bridgehead atoms.